The van der Waals surface area contributed by atoms with Gasteiger partial charge in [0.05, 0.1) is 6.54 Å². The van der Waals surface area contributed by atoms with Crippen LogP contribution in [-0.4, -0.2) is 65.7 Å². The van der Waals surface area contributed by atoms with Crippen molar-refractivity contribution >= 4 is 23.8 Å². The molecule has 0 unspecified atom stereocenters. The summed E-state index contributed by atoms with van der Waals surface area (Å²) in [5.41, 5.74) is 0.450. The van der Waals surface area contributed by atoms with E-state index in [1.54, 1.807) is 29.1 Å². The highest BCUT2D eigenvalue weighted by Gasteiger charge is 2.22. The van der Waals surface area contributed by atoms with Crippen LogP contribution in [0.15, 0.2) is 29.5 Å². The molecule has 0 saturated heterocycles. The Hall–Kier alpha value is -1.96. The molecule has 0 aliphatic heterocycles. The smallest absolute Gasteiger partial charge is 0.410 e. The maximum atomic E-state index is 12.6. The first-order valence-corrected chi connectivity index (χ1v) is 11.1. The maximum absolute atomic E-state index is 12.6. The summed E-state index contributed by atoms with van der Waals surface area (Å²) < 4.78 is 5.56. The molecule has 158 valence electrons. The Bertz CT molecular complexity index is 590. The van der Waals surface area contributed by atoms with Crippen molar-refractivity contribution in [3.8, 4) is 0 Å². The number of amides is 1. The van der Waals surface area contributed by atoms with E-state index in [9.17, 15) is 4.79 Å². The summed E-state index contributed by atoms with van der Waals surface area (Å²) in [6, 6.07) is 3.83. The highest BCUT2D eigenvalue weighted by Crippen LogP contribution is 2.13. The van der Waals surface area contributed by atoms with E-state index in [0.29, 0.717) is 19.6 Å². The second-order valence-corrected chi connectivity index (χ2v) is 8.28. The molecule has 7 nitrogen and oxygen atoms in total. The first kappa shape index (κ1) is 24.1. The Morgan fingerprint density at radius 2 is 2.14 bits per heavy atom. The summed E-state index contributed by atoms with van der Waals surface area (Å²) in [5.74, 6) is 1.84. The van der Waals surface area contributed by atoms with Gasteiger partial charge in [0.1, 0.15) is 5.60 Å². The standard InChI is InChI=1S/C20H35N5O2S/c1-6-22-18(24-12-14-28-5)23-11-8-13-25(19(26)27-20(2,3)4)16-17-9-7-10-21-15-17/h7,9-10,15H,6,8,11-14,16H2,1-5H3,(H2,22,23,24). The molecular weight excluding hydrogens is 374 g/mol. The third kappa shape index (κ3) is 11.0. The number of aliphatic imine (C=N–C) groups is 1. The number of ether oxygens (including phenoxy) is 1. The lowest BCUT2D eigenvalue weighted by atomic mass is 10.2. The molecule has 0 atom stereocenters. The third-order valence-corrected chi connectivity index (χ3v) is 4.16. The third-order valence-electron chi connectivity index (χ3n) is 3.55. The van der Waals surface area contributed by atoms with E-state index in [1.165, 1.54) is 0 Å². The Morgan fingerprint density at radius 1 is 1.36 bits per heavy atom. The van der Waals surface area contributed by atoms with Crippen LogP contribution in [0.1, 0.15) is 39.7 Å². The van der Waals surface area contributed by atoms with E-state index < -0.39 is 5.60 Å². The van der Waals surface area contributed by atoms with E-state index in [0.717, 1.165) is 36.8 Å². The lowest BCUT2D eigenvalue weighted by molar-refractivity contribution is 0.0232. The van der Waals surface area contributed by atoms with Gasteiger partial charge in [-0.1, -0.05) is 6.07 Å². The highest BCUT2D eigenvalue weighted by molar-refractivity contribution is 7.98. The Balaban J connectivity index is 2.64. The van der Waals surface area contributed by atoms with Crippen LogP contribution in [0, 0.1) is 0 Å². The minimum Gasteiger partial charge on any atom is -0.444 e. The molecule has 1 aromatic heterocycles. The van der Waals surface area contributed by atoms with Gasteiger partial charge in [-0.05, 0) is 52.0 Å². The zero-order valence-corrected chi connectivity index (χ0v) is 18.6. The fourth-order valence-corrected chi connectivity index (χ4v) is 2.65. The van der Waals surface area contributed by atoms with Crippen LogP contribution in [-0.2, 0) is 11.3 Å². The number of pyridine rings is 1. The molecule has 2 N–H and O–H groups in total. The van der Waals surface area contributed by atoms with Crippen LogP contribution >= 0.6 is 11.8 Å². The number of nitrogens with one attached hydrogen (secondary N) is 2. The second kappa shape index (κ2) is 13.3. The first-order chi connectivity index (χ1) is 13.4. The molecule has 1 rings (SSSR count). The summed E-state index contributed by atoms with van der Waals surface area (Å²) in [6.45, 7) is 11.0. The van der Waals surface area contributed by atoms with Crippen LogP contribution in [0.3, 0.4) is 0 Å². The molecule has 0 bridgehead atoms. The average molecular weight is 410 g/mol. The summed E-state index contributed by atoms with van der Waals surface area (Å²) in [5, 5.41) is 6.55. The number of nitrogens with zero attached hydrogens (tertiary/aromatic N) is 3. The molecule has 0 spiro atoms. The molecule has 1 amide bonds. The van der Waals surface area contributed by atoms with Crippen LogP contribution in [0.2, 0.25) is 0 Å². The van der Waals surface area contributed by atoms with Gasteiger partial charge in [0.25, 0.3) is 0 Å². The Labute approximate surface area is 173 Å². The molecule has 28 heavy (non-hydrogen) atoms. The molecule has 0 aromatic carbocycles. The summed E-state index contributed by atoms with van der Waals surface area (Å²) in [4.78, 5) is 23.0. The van der Waals surface area contributed by atoms with Gasteiger partial charge in [0.2, 0.25) is 0 Å². The number of aromatic nitrogens is 1. The van der Waals surface area contributed by atoms with Gasteiger partial charge in [-0.15, -0.1) is 0 Å². The van der Waals surface area contributed by atoms with Crippen LogP contribution in [0.5, 0.6) is 0 Å². The highest BCUT2D eigenvalue weighted by atomic mass is 32.2. The number of guanidine groups is 1. The lowest BCUT2D eigenvalue weighted by Gasteiger charge is -2.27. The second-order valence-electron chi connectivity index (χ2n) is 7.30. The van der Waals surface area contributed by atoms with E-state index >= 15 is 0 Å². The van der Waals surface area contributed by atoms with E-state index in [4.69, 9.17) is 4.74 Å². The van der Waals surface area contributed by atoms with Crippen molar-refractivity contribution in [3.05, 3.63) is 30.1 Å². The quantitative estimate of drug-likeness (QED) is 0.351. The minimum atomic E-state index is -0.526. The monoisotopic (exact) mass is 409 g/mol. The van der Waals surface area contributed by atoms with Gasteiger partial charge in [0.15, 0.2) is 5.96 Å². The van der Waals surface area contributed by atoms with Crippen molar-refractivity contribution in [2.24, 2.45) is 4.99 Å². The number of carbonyl (C=O) groups excluding carboxylic acids is 1. The normalized spacial score (nSPS) is 11.8. The van der Waals surface area contributed by atoms with Crippen LogP contribution in [0.25, 0.3) is 0 Å². The first-order valence-electron chi connectivity index (χ1n) is 9.73. The van der Waals surface area contributed by atoms with Gasteiger partial charge in [-0.2, -0.15) is 11.8 Å². The van der Waals surface area contributed by atoms with Crippen molar-refractivity contribution in [2.45, 2.75) is 46.3 Å². The van der Waals surface area contributed by atoms with Crippen molar-refractivity contribution in [2.75, 3.05) is 38.2 Å². The fourth-order valence-electron chi connectivity index (χ4n) is 2.34. The maximum Gasteiger partial charge on any atom is 0.410 e. The van der Waals surface area contributed by atoms with Crippen molar-refractivity contribution in [3.63, 3.8) is 0 Å². The molecule has 0 saturated carbocycles. The molecule has 0 fully saturated rings. The number of hydrogen-bond donors (Lipinski definition) is 2. The summed E-state index contributed by atoms with van der Waals surface area (Å²) >= 11 is 1.79. The number of rotatable bonds is 10. The van der Waals surface area contributed by atoms with E-state index in [1.807, 2.05) is 39.8 Å². The number of thioether (sulfide) groups is 1. The van der Waals surface area contributed by atoms with E-state index in [2.05, 4.69) is 26.9 Å². The van der Waals surface area contributed by atoms with Gasteiger partial charge in [0, 0.05) is 44.3 Å². The number of carbonyl (C=O) groups is 1. The molecule has 1 aromatic rings. The lowest BCUT2D eigenvalue weighted by Crippen LogP contribution is -2.39. The van der Waals surface area contributed by atoms with Crippen LogP contribution in [0.4, 0.5) is 4.79 Å². The zero-order valence-electron chi connectivity index (χ0n) is 17.8. The van der Waals surface area contributed by atoms with Gasteiger partial charge >= 0.3 is 6.09 Å². The number of hydrogen-bond acceptors (Lipinski definition) is 5. The topological polar surface area (TPSA) is 78.9 Å². The molecule has 0 aliphatic carbocycles. The predicted molar refractivity (Wildman–Crippen MR) is 118 cm³/mol. The molecule has 0 aliphatic rings. The van der Waals surface area contributed by atoms with Gasteiger partial charge in [-0.3, -0.25) is 9.98 Å². The molecule has 0 radical (unpaired) electrons. The summed E-state index contributed by atoms with van der Waals surface area (Å²) in [7, 11) is 0. The van der Waals surface area contributed by atoms with Crippen molar-refractivity contribution in [1.29, 1.82) is 0 Å². The Kier molecular flexibility index (Phi) is 11.4. The minimum absolute atomic E-state index is 0.315. The van der Waals surface area contributed by atoms with Crippen molar-refractivity contribution < 1.29 is 9.53 Å². The largest absolute Gasteiger partial charge is 0.444 e. The fraction of sp³-hybridized carbons (Fsp3) is 0.650. The Morgan fingerprint density at radius 3 is 2.75 bits per heavy atom. The van der Waals surface area contributed by atoms with Gasteiger partial charge in [-0.25, -0.2) is 4.79 Å². The molecule has 8 heteroatoms. The molecule has 1 heterocycles. The van der Waals surface area contributed by atoms with E-state index in [-0.39, 0.29) is 6.09 Å². The predicted octanol–water partition coefficient (Wildman–Crippen LogP) is 3.13. The van der Waals surface area contributed by atoms with Gasteiger partial charge < -0.3 is 20.3 Å². The summed E-state index contributed by atoms with van der Waals surface area (Å²) in [6.07, 6.45) is 6.01. The zero-order chi connectivity index (χ0) is 20.8. The van der Waals surface area contributed by atoms with Crippen molar-refractivity contribution in [1.82, 2.24) is 20.5 Å². The average Bonchev–Trinajstić information content (AvgIpc) is 2.63. The SMILES string of the molecule is CCNC(=NCCCN(Cc1cccnc1)C(=O)OC(C)(C)C)NCCSC. The molecular formula is C20H35N5O2S. The van der Waals surface area contributed by atoms with Crippen LogP contribution < -0.4 is 10.6 Å².